The van der Waals surface area contributed by atoms with Crippen LogP contribution in [0.1, 0.15) is 61.9 Å². The number of carbonyl (C=O) groups is 2. The van der Waals surface area contributed by atoms with Crippen LogP contribution in [-0.4, -0.2) is 23.0 Å². The van der Waals surface area contributed by atoms with Crippen LogP contribution in [0.15, 0.2) is 34.0 Å². The number of esters is 1. The van der Waals surface area contributed by atoms with Crippen molar-refractivity contribution in [3.8, 4) is 0 Å². The van der Waals surface area contributed by atoms with Gasteiger partial charge in [0.25, 0.3) is 0 Å². The second kappa shape index (κ2) is 5.99. The van der Waals surface area contributed by atoms with E-state index >= 15 is 0 Å². The fourth-order valence-electron chi connectivity index (χ4n) is 3.90. The number of hydrogen-bond acceptors (Lipinski definition) is 5. The largest absolute Gasteiger partial charge is 0.460 e. The van der Waals surface area contributed by atoms with E-state index in [1.54, 1.807) is 26.0 Å². The Kier molecular flexibility index (Phi) is 4.23. The van der Waals surface area contributed by atoms with Crippen molar-refractivity contribution in [2.45, 2.75) is 53.2 Å². The molecule has 0 saturated carbocycles. The Morgan fingerprint density at radius 1 is 1.48 bits per heavy atom. The number of furan rings is 1. The number of fused-ring (bicyclic) bond motifs is 2. The zero-order valence-corrected chi connectivity index (χ0v) is 15.3. The number of allylic oxidation sites excluding steroid dienone is 1. The molecule has 0 fully saturated rings. The summed E-state index contributed by atoms with van der Waals surface area (Å²) in [6, 6.07) is 0. The maximum atomic E-state index is 12.9. The van der Waals surface area contributed by atoms with Crippen molar-refractivity contribution in [2.24, 2.45) is 11.3 Å². The van der Waals surface area contributed by atoms with Crippen LogP contribution in [0.4, 0.5) is 0 Å². The summed E-state index contributed by atoms with van der Waals surface area (Å²) in [5, 5.41) is 10.4. The Morgan fingerprint density at radius 2 is 2.16 bits per heavy atom. The van der Waals surface area contributed by atoms with Crippen molar-refractivity contribution in [3.63, 3.8) is 0 Å². The van der Waals surface area contributed by atoms with E-state index in [2.05, 4.69) is 0 Å². The quantitative estimate of drug-likeness (QED) is 0.654. The minimum absolute atomic E-state index is 0.181. The van der Waals surface area contributed by atoms with Gasteiger partial charge in [-0.1, -0.05) is 26.0 Å². The number of aliphatic hydroxyl groups is 1. The van der Waals surface area contributed by atoms with E-state index in [1.807, 2.05) is 20.8 Å². The number of hydrogen-bond donors (Lipinski definition) is 1. The van der Waals surface area contributed by atoms with Gasteiger partial charge in [0.05, 0.1) is 12.4 Å². The monoisotopic (exact) mass is 344 g/mol. The van der Waals surface area contributed by atoms with E-state index < -0.39 is 23.6 Å². The average Bonchev–Trinajstić information content (AvgIpc) is 2.97. The van der Waals surface area contributed by atoms with E-state index in [9.17, 15) is 14.7 Å². The predicted octanol–water partition coefficient (Wildman–Crippen LogP) is 3.67. The first-order valence-corrected chi connectivity index (χ1v) is 8.58. The Labute approximate surface area is 147 Å². The first-order chi connectivity index (χ1) is 11.7. The Morgan fingerprint density at radius 3 is 2.80 bits per heavy atom. The van der Waals surface area contributed by atoms with Crippen LogP contribution in [0.25, 0.3) is 0 Å². The van der Waals surface area contributed by atoms with Crippen molar-refractivity contribution in [1.29, 1.82) is 0 Å². The molecule has 1 aromatic heterocycles. The van der Waals surface area contributed by atoms with Crippen LogP contribution in [-0.2, 0) is 9.53 Å². The molecular weight excluding hydrogens is 320 g/mol. The van der Waals surface area contributed by atoms with E-state index in [0.717, 1.165) is 5.56 Å². The number of aryl methyl sites for hydroxylation is 1. The smallest absolute Gasteiger partial charge is 0.334 e. The molecule has 0 bridgehead atoms. The molecule has 25 heavy (non-hydrogen) atoms. The SMILES string of the molecule is CC=C(C)C(=O)O[C@@H]1c2c(C)coc2C(=O)C2=CC[C@H](O)[C@H](C)[C@]21C. The fourth-order valence-corrected chi connectivity index (χ4v) is 3.90. The van der Waals surface area contributed by atoms with Gasteiger partial charge in [-0.15, -0.1) is 0 Å². The number of ketones is 1. The summed E-state index contributed by atoms with van der Waals surface area (Å²) in [4.78, 5) is 25.4. The third kappa shape index (κ3) is 2.41. The molecule has 0 spiro atoms. The molecule has 1 N–H and O–H groups in total. The second-order valence-electron chi connectivity index (χ2n) is 7.24. The minimum Gasteiger partial charge on any atom is -0.460 e. The fraction of sp³-hybridized carbons (Fsp3) is 0.500. The summed E-state index contributed by atoms with van der Waals surface area (Å²) in [5.41, 5.74) is 1.63. The highest BCUT2D eigenvalue weighted by Gasteiger charge is 2.57. The molecule has 134 valence electrons. The van der Waals surface area contributed by atoms with Gasteiger partial charge in [-0.2, -0.15) is 0 Å². The Hall–Kier alpha value is -2.14. The summed E-state index contributed by atoms with van der Waals surface area (Å²) < 4.78 is 11.4. The van der Waals surface area contributed by atoms with Gasteiger partial charge in [0.1, 0.15) is 6.10 Å². The van der Waals surface area contributed by atoms with Crippen molar-refractivity contribution < 1.29 is 23.8 Å². The van der Waals surface area contributed by atoms with Crippen LogP contribution in [0.3, 0.4) is 0 Å². The number of carbonyl (C=O) groups excluding carboxylic acids is 2. The summed E-state index contributed by atoms with van der Waals surface area (Å²) in [6.07, 6.45) is 4.10. The van der Waals surface area contributed by atoms with E-state index in [4.69, 9.17) is 9.15 Å². The molecule has 3 rings (SSSR count). The molecule has 0 aliphatic heterocycles. The lowest BCUT2D eigenvalue weighted by Gasteiger charge is -2.49. The highest BCUT2D eigenvalue weighted by atomic mass is 16.5. The molecule has 0 radical (unpaired) electrons. The molecule has 0 amide bonds. The Bertz CT molecular complexity index is 797. The first kappa shape index (κ1) is 17.7. The van der Waals surface area contributed by atoms with Crippen molar-refractivity contribution in [1.82, 2.24) is 0 Å². The molecular formula is C20H24O5. The average molecular weight is 344 g/mol. The van der Waals surface area contributed by atoms with E-state index in [-0.39, 0.29) is 17.5 Å². The highest BCUT2D eigenvalue weighted by Crippen LogP contribution is 2.57. The number of ether oxygens (including phenoxy) is 1. The van der Waals surface area contributed by atoms with Gasteiger partial charge in [-0.3, -0.25) is 4.79 Å². The third-order valence-corrected chi connectivity index (χ3v) is 5.93. The maximum absolute atomic E-state index is 12.9. The first-order valence-electron chi connectivity index (χ1n) is 8.58. The summed E-state index contributed by atoms with van der Waals surface area (Å²) in [5.74, 6) is -0.621. The van der Waals surface area contributed by atoms with E-state index in [0.29, 0.717) is 23.1 Å². The number of aliphatic hydroxyl groups excluding tert-OH is 1. The third-order valence-electron chi connectivity index (χ3n) is 5.93. The van der Waals surface area contributed by atoms with Crippen molar-refractivity contribution in [2.75, 3.05) is 0 Å². The molecule has 0 saturated heterocycles. The molecule has 0 unspecified atom stereocenters. The standard InChI is InChI=1S/C20H24O5/c1-6-10(2)19(23)25-18-15-11(3)9-24-17(15)16(22)13-7-8-14(21)12(4)20(13,18)5/h6-7,9,12,14,18,21H,8H2,1-5H3/t12-,14-,18+,20+/m0/s1. The number of rotatable bonds is 2. The highest BCUT2D eigenvalue weighted by molar-refractivity contribution is 6.10. The lowest BCUT2D eigenvalue weighted by molar-refractivity contribution is -0.155. The molecule has 1 heterocycles. The maximum Gasteiger partial charge on any atom is 0.334 e. The van der Waals surface area contributed by atoms with Crippen LogP contribution < -0.4 is 0 Å². The molecule has 4 atom stereocenters. The molecule has 5 heteroatoms. The molecule has 1 aromatic rings. The normalized spacial score (nSPS) is 31.9. The lowest BCUT2D eigenvalue weighted by Crippen LogP contribution is -2.49. The lowest BCUT2D eigenvalue weighted by atomic mass is 9.57. The van der Waals surface area contributed by atoms with Gasteiger partial charge < -0.3 is 14.3 Å². The molecule has 2 aliphatic carbocycles. The van der Waals surface area contributed by atoms with Crippen LogP contribution in [0.5, 0.6) is 0 Å². The van der Waals surface area contributed by atoms with Gasteiger partial charge >= 0.3 is 5.97 Å². The number of Topliss-reactive ketones (excluding diaryl/α,β-unsaturated/α-hetero) is 1. The second-order valence-corrected chi connectivity index (χ2v) is 7.24. The summed E-state index contributed by atoms with van der Waals surface area (Å²) in [7, 11) is 0. The van der Waals surface area contributed by atoms with E-state index in [1.165, 1.54) is 6.26 Å². The van der Waals surface area contributed by atoms with Crippen LogP contribution >= 0.6 is 0 Å². The summed E-state index contributed by atoms with van der Waals surface area (Å²) in [6.45, 7) is 9.09. The molecule has 2 aliphatic rings. The van der Waals surface area contributed by atoms with Gasteiger partial charge in [-0.25, -0.2) is 4.79 Å². The predicted molar refractivity (Wildman–Crippen MR) is 92.0 cm³/mol. The van der Waals surface area contributed by atoms with Crippen LogP contribution in [0.2, 0.25) is 0 Å². The summed E-state index contributed by atoms with van der Waals surface area (Å²) >= 11 is 0. The van der Waals surface area contributed by atoms with Gasteiger partial charge in [0, 0.05) is 22.1 Å². The zero-order chi connectivity index (χ0) is 18.5. The van der Waals surface area contributed by atoms with Gasteiger partial charge in [-0.05, 0) is 38.7 Å². The van der Waals surface area contributed by atoms with Gasteiger partial charge in [0.2, 0.25) is 5.78 Å². The Balaban J connectivity index is 2.20. The topological polar surface area (TPSA) is 76.7 Å². The minimum atomic E-state index is -0.805. The molecule has 0 aromatic carbocycles. The van der Waals surface area contributed by atoms with Crippen molar-refractivity contribution in [3.05, 3.63) is 46.4 Å². The molecule has 5 nitrogen and oxygen atoms in total. The van der Waals surface area contributed by atoms with Crippen LogP contribution in [0, 0.1) is 18.3 Å². The zero-order valence-electron chi connectivity index (χ0n) is 15.3. The van der Waals surface area contributed by atoms with Crippen molar-refractivity contribution >= 4 is 11.8 Å². The van der Waals surface area contributed by atoms with Gasteiger partial charge in [0.15, 0.2) is 5.76 Å².